The molecule has 0 aliphatic carbocycles. The van der Waals surface area contributed by atoms with Crippen LogP contribution in [0.2, 0.25) is 0 Å². The molecule has 0 spiro atoms. The van der Waals surface area contributed by atoms with Crippen molar-refractivity contribution in [1.29, 1.82) is 0 Å². The highest BCUT2D eigenvalue weighted by Gasteiger charge is 2.11. The van der Waals surface area contributed by atoms with Gasteiger partial charge in [-0.1, -0.05) is 0 Å². The molecular weight excluding hydrogens is 178 g/mol. The van der Waals surface area contributed by atoms with Crippen molar-refractivity contribution in [3.05, 3.63) is 42.2 Å². The Morgan fingerprint density at radius 1 is 1.36 bits per heavy atom. The molecule has 2 aromatic heterocycles. The van der Waals surface area contributed by atoms with Crippen molar-refractivity contribution in [3.8, 4) is 0 Å². The molecule has 2 rings (SSSR count). The predicted molar refractivity (Wildman–Crippen MR) is 51.3 cm³/mol. The van der Waals surface area contributed by atoms with Crippen LogP contribution >= 0.6 is 0 Å². The van der Waals surface area contributed by atoms with E-state index in [9.17, 15) is 0 Å². The Kier molecular flexibility index (Phi) is 2.24. The third kappa shape index (κ3) is 1.62. The van der Waals surface area contributed by atoms with Crippen LogP contribution in [0.1, 0.15) is 17.3 Å². The summed E-state index contributed by atoms with van der Waals surface area (Å²) in [4.78, 5) is 7.82. The van der Waals surface area contributed by atoms with Crippen molar-refractivity contribution >= 4 is 0 Å². The van der Waals surface area contributed by atoms with Gasteiger partial charge in [0.15, 0.2) is 0 Å². The van der Waals surface area contributed by atoms with E-state index in [4.69, 9.17) is 5.73 Å². The monoisotopic (exact) mass is 189 g/mol. The molecule has 5 heteroatoms. The number of aromatic nitrogens is 4. The summed E-state index contributed by atoms with van der Waals surface area (Å²) < 4.78 is 1.72. The Morgan fingerprint density at radius 2 is 2.07 bits per heavy atom. The molecule has 1 unspecified atom stereocenters. The molecule has 0 fully saturated rings. The lowest BCUT2D eigenvalue weighted by atomic mass is 10.1. The van der Waals surface area contributed by atoms with Crippen molar-refractivity contribution in [2.45, 2.75) is 6.04 Å². The van der Waals surface area contributed by atoms with Gasteiger partial charge in [-0.15, -0.1) is 0 Å². The molecule has 0 amide bonds. The van der Waals surface area contributed by atoms with Gasteiger partial charge < -0.3 is 5.73 Å². The minimum absolute atomic E-state index is 0.252. The fourth-order valence-electron chi connectivity index (χ4n) is 1.24. The fourth-order valence-corrected chi connectivity index (χ4v) is 1.24. The van der Waals surface area contributed by atoms with Gasteiger partial charge in [0.1, 0.15) is 6.33 Å². The van der Waals surface area contributed by atoms with E-state index in [0.29, 0.717) is 0 Å². The first-order valence-electron chi connectivity index (χ1n) is 4.27. The van der Waals surface area contributed by atoms with Crippen LogP contribution in [-0.4, -0.2) is 19.7 Å². The van der Waals surface area contributed by atoms with Gasteiger partial charge in [-0.05, 0) is 6.07 Å². The van der Waals surface area contributed by atoms with Crippen LogP contribution in [0.5, 0.6) is 0 Å². The number of rotatable bonds is 2. The zero-order chi connectivity index (χ0) is 9.97. The Morgan fingerprint density at radius 3 is 2.64 bits per heavy atom. The van der Waals surface area contributed by atoms with Crippen LogP contribution in [-0.2, 0) is 7.05 Å². The zero-order valence-corrected chi connectivity index (χ0v) is 7.83. The third-order valence-corrected chi connectivity index (χ3v) is 1.99. The summed E-state index contributed by atoms with van der Waals surface area (Å²) in [6.45, 7) is 0. The number of aryl methyl sites for hydroxylation is 1. The number of nitrogens with zero attached hydrogens (tertiary/aromatic N) is 4. The Labute approximate surface area is 81.6 Å². The Balaban J connectivity index is 2.29. The minimum atomic E-state index is -0.252. The second kappa shape index (κ2) is 3.55. The van der Waals surface area contributed by atoms with E-state index in [0.717, 1.165) is 11.3 Å². The molecule has 2 N–H and O–H groups in total. The maximum Gasteiger partial charge on any atom is 0.115 e. The van der Waals surface area contributed by atoms with E-state index in [2.05, 4.69) is 15.1 Å². The van der Waals surface area contributed by atoms with Crippen LogP contribution in [0, 0.1) is 0 Å². The molecule has 72 valence electrons. The van der Waals surface area contributed by atoms with E-state index < -0.39 is 0 Å². The van der Waals surface area contributed by atoms with E-state index in [1.54, 1.807) is 17.1 Å². The van der Waals surface area contributed by atoms with Gasteiger partial charge in [0.2, 0.25) is 0 Å². The predicted octanol–water partition coefficient (Wildman–Crippen LogP) is 0.258. The molecule has 0 bridgehead atoms. The van der Waals surface area contributed by atoms with Crippen molar-refractivity contribution < 1.29 is 0 Å². The molecule has 0 aromatic carbocycles. The highest BCUT2D eigenvalue weighted by atomic mass is 15.3. The summed E-state index contributed by atoms with van der Waals surface area (Å²) in [6.07, 6.45) is 6.74. The van der Waals surface area contributed by atoms with E-state index >= 15 is 0 Å². The molecule has 2 aromatic rings. The number of hydrogen-bond acceptors (Lipinski definition) is 4. The highest BCUT2D eigenvalue weighted by Crippen LogP contribution is 2.14. The van der Waals surface area contributed by atoms with Gasteiger partial charge in [-0.3, -0.25) is 4.68 Å². The lowest BCUT2D eigenvalue weighted by Gasteiger charge is -2.06. The van der Waals surface area contributed by atoms with Crippen molar-refractivity contribution in [1.82, 2.24) is 19.7 Å². The van der Waals surface area contributed by atoms with Gasteiger partial charge in [0.25, 0.3) is 0 Å². The lowest BCUT2D eigenvalue weighted by molar-refractivity contribution is 0.713. The SMILES string of the molecule is Cn1ccc(C(N)c2cncnc2)n1. The summed E-state index contributed by atoms with van der Waals surface area (Å²) in [5.41, 5.74) is 7.66. The largest absolute Gasteiger partial charge is 0.319 e. The molecular formula is C9H11N5. The zero-order valence-electron chi connectivity index (χ0n) is 7.83. The third-order valence-electron chi connectivity index (χ3n) is 1.99. The highest BCUT2D eigenvalue weighted by molar-refractivity contribution is 5.21. The van der Waals surface area contributed by atoms with Crippen LogP contribution in [0.3, 0.4) is 0 Å². The standard InChI is InChI=1S/C9H11N5/c1-14-3-2-8(13-14)9(10)7-4-11-6-12-5-7/h2-6,9H,10H2,1H3. The maximum atomic E-state index is 5.97. The summed E-state index contributed by atoms with van der Waals surface area (Å²) in [7, 11) is 1.86. The Bertz CT molecular complexity index is 408. The fraction of sp³-hybridized carbons (Fsp3) is 0.222. The van der Waals surface area contributed by atoms with Crippen LogP contribution in [0.25, 0.3) is 0 Å². The second-order valence-electron chi connectivity index (χ2n) is 3.06. The molecule has 2 heterocycles. The topological polar surface area (TPSA) is 69.6 Å². The van der Waals surface area contributed by atoms with Gasteiger partial charge in [-0.2, -0.15) is 5.10 Å². The average Bonchev–Trinajstić information content (AvgIpc) is 2.65. The first-order valence-corrected chi connectivity index (χ1v) is 4.27. The lowest BCUT2D eigenvalue weighted by Crippen LogP contribution is -2.13. The molecule has 14 heavy (non-hydrogen) atoms. The minimum Gasteiger partial charge on any atom is -0.319 e. The molecule has 0 aliphatic rings. The van der Waals surface area contributed by atoms with Crippen molar-refractivity contribution in [2.75, 3.05) is 0 Å². The summed E-state index contributed by atoms with van der Waals surface area (Å²) >= 11 is 0. The van der Waals surface area contributed by atoms with Gasteiger partial charge in [0, 0.05) is 31.2 Å². The molecule has 0 radical (unpaired) electrons. The number of hydrogen-bond donors (Lipinski definition) is 1. The summed E-state index contributed by atoms with van der Waals surface area (Å²) in [5, 5.41) is 4.22. The van der Waals surface area contributed by atoms with Gasteiger partial charge in [0.05, 0.1) is 11.7 Å². The first-order chi connectivity index (χ1) is 6.77. The van der Waals surface area contributed by atoms with E-state index in [-0.39, 0.29) is 6.04 Å². The molecule has 1 atom stereocenters. The van der Waals surface area contributed by atoms with E-state index in [1.807, 2.05) is 19.3 Å². The molecule has 0 aliphatic heterocycles. The second-order valence-corrected chi connectivity index (χ2v) is 3.06. The number of nitrogens with two attached hydrogens (primary N) is 1. The molecule has 5 nitrogen and oxygen atoms in total. The molecule has 0 saturated carbocycles. The average molecular weight is 189 g/mol. The van der Waals surface area contributed by atoms with Crippen molar-refractivity contribution in [2.24, 2.45) is 12.8 Å². The summed E-state index contributed by atoms with van der Waals surface area (Å²) in [6, 6.07) is 1.63. The van der Waals surface area contributed by atoms with E-state index in [1.165, 1.54) is 6.33 Å². The first kappa shape index (κ1) is 8.83. The smallest absolute Gasteiger partial charge is 0.115 e. The maximum absolute atomic E-state index is 5.97. The normalized spacial score (nSPS) is 12.7. The summed E-state index contributed by atoms with van der Waals surface area (Å²) in [5.74, 6) is 0. The van der Waals surface area contributed by atoms with Crippen molar-refractivity contribution in [3.63, 3.8) is 0 Å². The van der Waals surface area contributed by atoms with Crippen LogP contribution in [0.15, 0.2) is 31.0 Å². The van der Waals surface area contributed by atoms with Gasteiger partial charge in [-0.25, -0.2) is 9.97 Å². The Hall–Kier alpha value is -1.75. The van der Waals surface area contributed by atoms with Crippen LogP contribution < -0.4 is 5.73 Å². The van der Waals surface area contributed by atoms with Gasteiger partial charge >= 0.3 is 0 Å². The molecule has 0 saturated heterocycles. The van der Waals surface area contributed by atoms with Crippen LogP contribution in [0.4, 0.5) is 0 Å². The quantitative estimate of drug-likeness (QED) is 0.735.